The fourth-order valence-corrected chi connectivity index (χ4v) is 2.94. The van der Waals surface area contributed by atoms with Gasteiger partial charge in [-0.3, -0.25) is 14.3 Å². The van der Waals surface area contributed by atoms with Crippen molar-refractivity contribution in [3.8, 4) is 11.3 Å². The predicted molar refractivity (Wildman–Crippen MR) is 104 cm³/mol. The number of H-pyrrole nitrogens is 1. The van der Waals surface area contributed by atoms with Crippen molar-refractivity contribution in [1.29, 1.82) is 0 Å². The fourth-order valence-electron chi connectivity index (χ4n) is 2.94. The molecular formula is C19H19N7O. The van der Waals surface area contributed by atoms with Crippen LogP contribution < -0.4 is 10.6 Å². The minimum absolute atomic E-state index is 0.134. The third-order valence-electron chi connectivity index (χ3n) is 4.03. The summed E-state index contributed by atoms with van der Waals surface area (Å²) < 4.78 is 1.88. The molecule has 4 rings (SSSR count). The Labute approximate surface area is 155 Å². The Hall–Kier alpha value is -3.68. The predicted octanol–water partition coefficient (Wildman–Crippen LogP) is 3.44. The van der Waals surface area contributed by atoms with Gasteiger partial charge in [0.15, 0.2) is 5.82 Å². The topological polar surface area (TPSA) is 100 Å². The number of carbonyl (C=O) groups is 1. The normalized spacial score (nSPS) is 10.9. The SMILES string of the molecule is CC(=O)Nc1ccccc1-c1cc2nc(C)cn2c(Nc2cc(C)[nH]n2)n1. The second-order valence-electron chi connectivity index (χ2n) is 6.36. The Morgan fingerprint density at radius 3 is 2.70 bits per heavy atom. The van der Waals surface area contributed by atoms with Crippen molar-refractivity contribution in [3.63, 3.8) is 0 Å². The number of imidazole rings is 1. The lowest BCUT2D eigenvalue weighted by Crippen LogP contribution is -2.08. The Balaban J connectivity index is 1.86. The van der Waals surface area contributed by atoms with Gasteiger partial charge in [-0.05, 0) is 19.9 Å². The maximum atomic E-state index is 11.6. The van der Waals surface area contributed by atoms with Gasteiger partial charge in [0.2, 0.25) is 11.9 Å². The van der Waals surface area contributed by atoms with Crippen molar-refractivity contribution in [2.75, 3.05) is 10.6 Å². The molecule has 136 valence electrons. The number of aryl methyl sites for hydroxylation is 2. The minimum Gasteiger partial charge on any atom is -0.326 e. The summed E-state index contributed by atoms with van der Waals surface area (Å²) in [6.45, 7) is 5.35. The van der Waals surface area contributed by atoms with E-state index in [2.05, 4.69) is 25.8 Å². The zero-order valence-corrected chi connectivity index (χ0v) is 15.2. The number of aromatic nitrogens is 5. The van der Waals surface area contributed by atoms with Crippen LogP contribution in [-0.2, 0) is 4.79 Å². The Kier molecular flexibility index (Phi) is 4.08. The van der Waals surface area contributed by atoms with Crippen molar-refractivity contribution < 1.29 is 4.79 Å². The molecule has 3 heterocycles. The van der Waals surface area contributed by atoms with E-state index in [1.54, 1.807) is 0 Å². The van der Waals surface area contributed by atoms with Crippen LogP contribution >= 0.6 is 0 Å². The Bertz CT molecular complexity index is 1140. The molecule has 0 fully saturated rings. The zero-order valence-electron chi connectivity index (χ0n) is 15.2. The maximum Gasteiger partial charge on any atom is 0.221 e. The van der Waals surface area contributed by atoms with E-state index < -0.39 is 0 Å². The highest BCUT2D eigenvalue weighted by molar-refractivity contribution is 5.93. The number of aromatic amines is 1. The molecule has 1 aromatic carbocycles. The van der Waals surface area contributed by atoms with E-state index in [1.165, 1.54) is 6.92 Å². The van der Waals surface area contributed by atoms with Crippen LogP contribution in [0, 0.1) is 13.8 Å². The molecule has 0 aliphatic heterocycles. The van der Waals surface area contributed by atoms with Gasteiger partial charge in [-0.15, -0.1) is 0 Å². The number of fused-ring (bicyclic) bond motifs is 1. The monoisotopic (exact) mass is 361 g/mol. The Morgan fingerprint density at radius 1 is 1.15 bits per heavy atom. The number of nitrogens with zero attached hydrogens (tertiary/aromatic N) is 4. The molecule has 0 aliphatic carbocycles. The standard InChI is InChI=1S/C19H19N7O/c1-11-8-17(25-24-11)23-19-22-16(9-18-20-12(2)10-26(18)19)14-6-4-5-7-15(14)21-13(3)27/h4-10H,1-3H3,(H,21,27)(H2,22,23,24,25). The van der Waals surface area contributed by atoms with Gasteiger partial charge in [-0.1, -0.05) is 18.2 Å². The van der Waals surface area contributed by atoms with Crippen molar-refractivity contribution in [2.24, 2.45) is 0 Å². The molecular weight excluding hydrogens is 342 g/mol. The van der Waals surface area contributed by atoms with Gasteiger partial charge in [-0.2, -0.15) is 5.10 Å². The number of para-hydroxylation sites is 1. The van der Waals surface area contributed by atoms with E-state index in [9.17, 15) is 4.79 Å². The molecule has 3 N–H and O–H groups in total. The van der Waals surface area contributed by atoms with E-state index in [1.807, 2.05) is 60.8 Å². The summed E-state index contributed by atoms with van der Waals surface area (Å²) in [5.74, 6) is 1.12. The van der Waals surface area contributed by atoms with Crippen LogP contribution in [0.25, 0.3) is 16.9 Å². The van der Waals surface area contributed by atoms with Gasteiger partial charge in [0.1, 0.15) is 5.65 Å². The van der Waals surface area contributed by atoms with Gasteiger partial charge in [0.05, 0.1) is 17.1 Å². The quantitative estimate of drug-likeness (QED) is 0.517. The van der Waals surface area contributed by atoms with Crippen LogP contribution in [0.4, 0.5) is 17.5 Å². The number of rotatable bonds is 4. The van der Waals surface area contributed by atoms with Gasteiger partial charge < -0.3 is 10.6 Å². The first kappa shape index (κ1) is 16.8. The highest BCUT2D eigenvalue weighted by atomic mass is 16.1. The maximum absolute atomic E-state index is 11.6. The Morgan fingerprint density at radius 2 is 1.96 bits per heavy atom. The van der Waals surface area contributed by atoms with Gasteiger partial charge >= 0.3 is 0 Å². The number of amides is 1. The minimum atomic E-state index is -0.134. The van der Waals surface area contributed by atoms with Crippen LogP contribution in [0.3, 0.4) is 0 Å². The summed E-state index contributed by atoms with van der Waals surface area (Å²) in [6, 6.07) is 11.3. The third-order valence-corrected chi connectivity index (χ3v) is 4.03. The molecule has 1 amide bonds. The number of hydrogen-bond acceptors (Lipinski definition) is 5. The highest BCUT2D eigenvalue weighted by Gasteiger charge is 2.14. The summed E-state index contributed by atoms with van der Waals surface area (Å²) in [5, 5.41) is 13.2. The van der Waals surface area contributed by atoms with E-state index in [0.29, 0.717) is 23.1 Å². The molecule has 0 saturated carbocycles. The van der Waals surface area contributed by atoms with Crippen molar-refractivity contribution in [1.82, 2.24) is 24.6 Å². The van der Waals surface area contributed by atoms with E-state index in [-0.39, 0.29) is 5.91 Å². The largest absolute Gasteiger partial charge is 0.326 e. The summed E-state index contributed by atoms with van der Waals surface area (Å²) >= 11 is 0. The number of benzene rings is 1. The van der Waals surface area contributed by atoms with Crippen LogP contribution in [0.15, 0.2) is 42.6 Å². The lowest BCUT2D eigenvalue weighted by molar-refractivity contribution is -0.114. The van der Waals surface area contributed by atoms with E-state index >= 15 is 0 Å². The molecule has 8 heteroatoms. The smallest absolute Gasteiger partial charge is 0.221 e. The second-order valence-corrected chi connectivity index (χ2v) is 6.36. The van der Waals surface area contributed by atoms with Crippen LogP contribution in [0.5, 0.6) is 0 Å². The average molecular weight is 361 g/mol. The first-order valence-electron chi connectivity index (χ1n) is 8.52. The molecule has 0 atom stereocenters. The third kappa shape index (κ3) is 3.37. The van der Waals surface area contributed by atoms with Crippen LogP contribution in [-0.4, -0.2) is 30.5 Å². The lowest BCUT2D eigenvalue weighted by Gasteiger charge is -2.12. The first-order chi connectivity index (χ1) is 13.0. The first-order valence-corrected chi connectivity index (χ1v) is 8.52. The molecule has 0 bridgehead atoms. The number of hydrogen-bond donors (Lipinski definition) is 3. The molecule has 0 radical (unpaired) electrons. The zero-order chi connectivity index (χ0) is 19.0. The summed E-state index contributed by atoms with van der Waals surface area (Å²) in [4.78, 5) is 20.9. The average Bonchev–Trinajstić information content (AvgIpc) is 3.19. The van der Waals surface area contributed by atoms with Crippen molar-refractivity contribution >= 4 is 29.0 Å². The number of nitrogens with one attached hydrogen (secondary N) is 3. The fraction of sp³-hybridized carbons (Fsp3) is 0.158. The van der Waals surface area contributed by atoms with Gasteiger partial charge in [0.25, 0.3) is 0 Å². The molecule has 3 aromatic heterocycles. The molecule has 8 nitrogen and oxygen atoms in total. The molecule has 0 unspecified atom stereocenters. The molecule has 0 aliphatic rings. The van der Waals surface area contributed by atoms with E-state index in [0.717, 1.165) is 22.6 Å². The van der Waals surface area contributed by atoms with Gasteiger partial charge in [0, 0.05) is 36.5 Å². The lowest BCUT2D eigenvalue weighted by atomic mass is 10.1. The summed E-state index contributed by atoms with van der Waals surface area (Å²) in [7, 11) is 0. The second kappa shape index (κ2) is 6.56. The van der Waals surface area contributed by atoms with Crippen LogP contribution in [0.2, 0.25) is 0 Å². The molecule has 0 spiro atoms. The van der Waals surface area contributed by atoms with Crippen LogP contribution in [0.1, 0.15) is 18.3 Å². The highest BCUT2D eigenvalue weighted by Crippen LogP contribution is 2.29. The summed E-state index contributed by atoms with van der Waals surface area (Å²) in [6.07, 6.45) is 1.91. The van der Waals surface area contributed by atoms with Crippen molar-refractivity contribution in [2.45, 2.75) is 20.8 Å². The van der Waals surface area contributed by atoms with E-state index in [4.69, 9.17) is 4.98 Å². The molecule has 4 aromatic rings. The molecule has 0 saturated heterocycles. The number of anilines is 3. The van der Waals surface area contributed by atoms with Crippen molar-refractivity contribution in [3.05, 3.63) is 54.0 Å². The number of carbonyl (C=O) groups excluding carboxylic acids is 1. The summed E-state index contributed by atoms with van der Waals surface area (Å²) in [5.41, 5.74) is 4.80. The molecule has 27 heavy (non-hydrogen) atoms. The van der Waals surface area contributed by atoms with Gasteiger partial charge in [-0.25, -0.2) is 9.97 Å².